The maximum Gasteiger partial charge on any atom is 0.271 e. The number of rotatable bonds is 2. The molecule has 0 aliphatic rings. The summed E-state index contributed by atoms with van der Waals surface area (Å²) in [5.74, 6) is -0.568. The minimum Gasteiger partial charge on any atom is -0.320 e. The van der Waals surface area contributed by atoms with Crippen molar-refractivity contribution in [3.63, 3.8) is 0 Å². The molecule has 1 amide bonds. The SMILES string of the molecule is Cc1csc2ncc(C(=O)Nc3ccc(Cl)cc3Cl)c(=O)n12. The number of hydrogen-bond donors (Lipinski definition) is 1. The molecule has 2 heterocycles. The van der Waals surface area contributed by atoms with Crippen molar-refractivity contribution in [1.82, 2.24) is 9.38 Å². The Hall–Kier alpha value is -1.89. The van der Waals surface area contributed by atoms with E-state index >= 15 is 0 Å². The van der Waals surface area contributed by atoms with Crippen LogP contribution in [-0.4, -0.2) is 15.3 Å². The van der Waals surface area contributed by atoms with Gasteiger partial charge in [0.1, 0.15) is 5.56 Å². The summed E-state index contributed by atoms with van der Waals surface area (Å²) < 4.78 is 1.41. The quantitative estimate of drug-likeness (QED) is 0.765. The van der Waals surface area contributed by atoms with Crippen LogP contribution in [0.2, 0.25) is 10.0 Å². The Morgan fingerprint density at radius 3 is 2.86 bits per heavy atom. The number of carbonyl (C=O) groups excluding carboxylic acids is 1. The molecule has 0 atom stereocenters. The highest BCUT2D eigenvalue weighted by atomic mass is 35.5. The Kier molecular flexibility index (Phi) is 3.90. The first-order chi connectivity index (χ1) is 10.5. The van der Waals surface area contributed by atoms with E-state index in [-0.39, 0.29) is 5.56 Å². The van der Waals surface area contributed by atoms with Gasteiger partial charge in [-0.05, 0) is 25.1 Å². The van der Waals surface area contributed by atoms with Gasteiger partial charge >= 0.3 is 0 Å². The van der Waals surface area contributed by atoms with Crippen LogP contribution < -0.4 is 10.9 Å². The Morgan fingerprint density at radius 2 is 2.14 bits per heavy atom. The van der Waals surface area contributed by atoms with Crippen LogP contribution in [0.1, 0.15) is 16.1 Å². The molecular weight excluding hydrogens is 345 g/mol. The number of thiazole rings is 1. The highest BCUT2D eigenvalue weighted by Gasteiger charge is 2.16. The van der Waals surface area contributed by atoms with Gasteiger partial charge in [-0.3, -0.25) is 14.0 Å². The minimum absolute atomic E-state index is 0.0509. The number of amides is 1. The Bertz CT molecular complexity index is 949. The molecule has 3 aromatic rings. The summed E-state index contributed by atoms with van der Waals surface area (Å²) in [6, 6.07) is 4.68. The van der Waals surface area contributed by atoms with E-state index in [4.69, 9.17) is 23.2 Å². The molecule has 0 radical (unpaired) electrons. The van der Waals surface area contributed by atoms with Gasteiger partial charge in [-0.25, -0.2) is 4.98 Å². The molecule has 2 aromatic heterocycles. The van der Waals surface area contributed by atoms with Crippen molar-refractivity contribution in [1.29, 1.82) is 0 Å². The van der Waals surface area contributed by atoms with Crippen molar-refractivity contribution in [3.8, 4) is 0 Å². The zero-order chi connectivity index (χ0) is 15.9. The maximum absolute atomic E-state index is 12.4. The second kappa shape index (κ2) is 5.72. The van der Waals surface area contributed by atoms with E-state index in [0.29, 0.717) is 20.7 Å². The van der Waals surface area contributed by atoms with E-state index in [0.717, 1.165) is 5.69 Å². The normalized spacial score (nSPS) is 10.9. The Balaban J connectivity index is 2.00. The molecule has 0 saturated heterocycles. The first kappa shape index (κ1) is 15.0. The van der Waals surface area contributed by atoms with Crippen LogP contribution in [0.5, 0.6) is 0 Å². The standard InChI is InChI=1S/C14H9Cl2N3O2S/c1-7-6-22-14-17-5-9(13(21)19(7)14)12(20)18-11-3-2-8(15)4-10(11)16/h2-6H,1H3,(H,18,20). The average molecular weight is 354 g/mol. The van der Waals surface area contributed by atoms with Gasteiger partial charge in [0, 0.05) is 22.3 Å². The molecule has 0 aliphatic heterocycles. The van der Waals surface area contributed by atoms with Crippen molar-refractivity contribution in [3.05, 3.63) is 61.4 Å². The van der Waals surface area contributed by atoms with Crippen molar-refractivity contribution in [2.24, 2.45) is 0 Å². The number of aromatic nitrogens is 2. The van der Waals surface area contributed by atoms with Gasteiger partial charge in [0.25, 0.3) is 11.5 Å². The number of anilines is 1. The molecule has 8 heteroatoms. The molecule has 3 rings (SSSR count). The van der Waals surface area contributed by atoms with Gasteiger partial charge < -0.3 is 5.32 Å². The predicted octanol–water partition coefficient (Wildman–Crippen LogP) is 3.62. The fourth-order valence-corrected chi connectivity index (χ4v) is 3.24. The van der Waals surface area contributed by atoms with Gasteiger partial charge in [-0.15, -0.1) is 11.3 Å². The van der Waals surface area contributed by atoms with Gasteiger partial charge in [0.2, 0.25) is 0 Å². The fraction of sp³-hybridized carbons (Fsp3) is 0.0714. The molecular formula is C14H9Cl2N3O2S. The third-order valence-corrected chi connectivity index (χ3v) is 4.55. The largest absolute Gasteiger partial charge is 0.320 e. The van der Waals surface area contributed by atoms with Crippen molar-refractivity contribution in [2.45, 2.75) is 6.92 Å². The minimum atomic E-state index is -0.568. The summed E-state index contributed by atoms with van der Waals surface area (Å²) in [6.45, 7) is 1.78. The van der Waals surface area contributed by atoms with Crippen LogP contribution in [0.15, 0.2) is 34.6 Å². The smallest absolute Gasteiger partial charge is 0.271 e. The first-order valence-electron chi connectivity index (χ1n) is 6.19. The van der Waals surface area contributed by atoms with Crippen LogP contribution in [0.4, 0.5) is 5.69 Å². The number of halogens is 2. The van der Waals surface area contributed by atoms with Gasteiger partial charge in [-0.1, -0.05) is 23.2 Å². The first-order valence-corrected chi connectivity index (χ1v) is 7.83. The molecule has 0 aliphatic carbocycles. The van der Waals surface area contributed by atoms with E-state index < -0.39 is 11.5 Å². The molecule has 5 nitrogen and oxygen atoms in total. The van der Waals surface area contributed by atoms with Gasteiger partial charge in [0.15, 0.2) is 4.96 Å². The lowest BCUT2D eigenvalue weighted by Gasteiger charge is -2.07. The molecule has 0 saturated carbocycles. The summed E-state index contributed by atoms with van der Waals surface area (Å²) in [4.78, 5) is 29.4. The number of fused-ring (bicyclic) bond motifs is 1. The van der Waals surface area contributed by atoms with Crippen LogP contribution in [-0.2, 0) is 0 Å². The van der Waals surface area contributed by atoms with Gasteiger partial charge in [-0.2, -0.15) is 0 Å². The molecule has 1 N–H and O–H groups in total. The van der Waals surface area contributed by atoms with Crippen molar-refractivity contribution >= 4 is 51.1 Å². The summed E-state index contributed by atoms with van der Waals surface area (Å²) in [7, 11) is 0. The topological polar surface area (TPSA) is 63.5 Å². The lowest BCUT2D eigenvalue weighted by Crippen LogP contribution is -2.26. The summed E-state index contributed by atoms with van der Waals surface area (Å²) in [5, 5.41) is 5.15. The van der Waals surface area contributed by atoms with Crippen LogP contribution in [0.25, 0.3) is 4.96 Å². The van der Waals surface area contributed by atoms with E-state index in [1.807, 2.05) is 5.38 Å². The highest BCUT2D eigenvalue weighted by Crippen LogP contribution is 2.25. The molecule has 22 heavy (non-hydrogen) atoms. The second-order valence-corrected chi connectivity index (χ2v) is 6.23. The highest BCUT2D eigenvalue weighted by molar-refractivity contribution is 7.15. The number of benzene rings is 1. The van der Waals surface area contributed by atoms with Crippen molar-refractivity contribution in [2.75, 3.05) is 5.32 Å². The Labute approximate surface area is 139 Å². The number of hydrogen-bond acceptors (Lipinski definition) is 4. The summed E-state index contributed by atoms with van der Waals surface area (Å²) in [6.07, 6.45) is 1.27. The molecule has 0 spiro atoms. The van der Waals surface area contributed by atoms with Gasteiger partial charge in [0.05, 0.1) is 10.7 Å². The zero-order valence-corrected chi connectivity index (χ0v) is 13.6. The van der Waals surface area contributed by atoms with E-state index in [9.17, 15) is 9.59 Å². The Morgan fingerprint density at radius 1 is 1.36 bits per heavy atom. The predicted molar refractivity (Wildman–Crippen MR) is 88.5 cm³/mol. The fourth-order valence-electron chi connectivity index (χ4n) is 1.96. The van der Waals surface area contributed by atoms with Crippen LogP contribution >= 0.6 is 34.5 Å². The number of aryl methyl sites for hydroxylation is 1. The van der Waals surface area contributed by atoms with Crippen molar-refractivity contribution < 1.29 is 4.79 Å². The zero-order valence-electron chi connectivity index (χ0n) is 11.3. The molecule has 0 unspecified atom stereocenters. The number of nitrogens with zero attached hydrogens (tertiary/aromatic N) is 2. The molecule has 0 fully saturated rings. The average Bonchev–Trinajstić information content (AvgIpc) is 2.84. The van der Waals surface area contributed by atoms with E-state index in [1.54, 1.807) is 19.1 Å². The maximum atomic E-state index is 12.4. The lowest BCUT2D eigenvalue weighted by molar-refractivity contribution is 0.102. The number of nitrogens with one attached hydrogen (secondary N) is 1. The molecule has 112 valence electrons. The third-order valence-electron chi connectivity index (χ3n) is 3.04. The van der Waals surface area contributed by atoms with Crippen LogP contribution in [0.3, 0.4) is 0 Å². The van der Waals surface area contributed by atoms with Crippen LogP contribution in [0, 0.1) is 6.92 Å². The van der Waals surface area contributed by atoms with E-state index in [1.165, 1.54) is 28.0 Å². The molecule has 0 bridgehead atoms. The summed E-state index contributed by atoms with van der Waals surface area (Å²) in [5.41, 5.74) is 0.649. The molecule has 1 aromatic carbocycles. The third kappa shape index (κ3) is 2.61. The number of carbonyl (C=O) groups is 1. The lowest BCUT2D eigenvalue weighted by atomic mass is 10.2. The summed E-state index contributed by atoms with van der Waals surface area (Å²) >= 11 is 13.2. The second-order valence-electron chi connectivity index (χ2n) is 4.55. The van der Waals surface area contributed by atoms with E-state index in [2.05, 4.69) is 10.3 Å². The monoisotopic (exact) mass is 353 g/mol.